The van der Waals surface area contributed by atoms with Crippen molar-refractivity contribution in [3.8, 4) is 5.75 Å². The molecule has 1 N–H and O–H groups in total. The van der Waals surface area contributed by atoms with Crippen LogP contribution in [0.25, 0.3) is 0 Å². The van der Waals surface area contributed by atoms with E-state index < -0.39 is 11.9 Å². The van der Waals surface area contributed by atoms with E-state index in [0.29, 0.717) is 10.6 Å². The summed E-state index contributed by atoms with van der Waals surface area (Å²) in [4.78, 5) is 10.9. The fourth-order valence-electron chi connectivity index (χ4n) is 2.06. The topological polar surface area (TPSA) is 60.4 Å². The van der Waals surface area contributed by atoms with E-state index in [1.807, 2.05) is 30.3 Å². The number of aromatic hydroxyl groups is 1. The Morgan fingerprint density at radius 3 is 2.53 bits per heavy atom. The van der Waals surface area contributed by atoms with Crippen LogP contribution < -0.4 is 5.11 Å². The highest BCUT2D eigenvalue weighted by Gasteiger charge is 2.18. The lowest BCUT2D eigenvalue weighted by molar-refractivity contribution is -0.305. The molecule has 0 spiro atoms. The van der Waals surface area contributed by atoms with E-state index in [-0.39, 0.29) is 12.2 Å². The molecule has 0 saturated carbocycles. The minimum absolute atomic E-state index is 0.0273. The highest BCUT2D eigenvalue weighted by atomic mass is 35.5. The number of phenols is 1. The molecule has 0 aliphatic heterocycles. The zero-order valence-electron chi connectivity index (χ0n) is 10.0. The van der Waals surface area contributed by atoms with Gasteiger partial charge in [0, 0.05) is 22.5 Å². The highest BCUT2D eigenvalue weighted by Crippen LogP contribution is 2.35. The first kappa shape index (κ1) is 13.4. The number of carboxylic acids is 1. The molecule has 0 saturated heterocycles. The summed E-state index contributed by atoms with van der Waals surface area (Å²) in [6, 6.07) is 13.7. The number of carbonyl (C=O) groups is 1. The van der Waals surface area contributed by atoms with Crippen LogP contribution in [0.5, 0.6) is 5.75 Å². The molecule has 0 amide bonds. The summed E-state index contributed by atoms with van der Waals surface area (Å²) in [5.41, 5.74) is 1.28. The van der Waals surface area contributed by atoms with Crippen molar-refractivity contribution in [2.24, 2.45) is 0 Å². The minimum Gasteiger partial charge on any atom is -0.550 e. The fourth-order valence-corrected chi connectivity index (χ4v) is 2.24. The van der Waals surface area contributed by atoms with Gasteiger partial charge < -0.3 is 15.0 Å². The van der Waals surface area contributed by atoms with Crippen molar-refractivity contribution in [1.29, 1.82) is 0 Å². The van der Waals surface area contributed by atoms with Gasteiger partial charge in [-0.3, -0.25) is 0 Å². The SMILES string of the molecule is O=C([O-])CC(c1ccccc1)c1cc(Cl)ccc1O. The van der Waals surface area contributed by atoms with Gasteiger partial charge in [-0.2, -0.15) is 0 Å². The molecule has 0 aliphatic rings. The van der Waals surface area contributed by atoms with Gasteiger partial charge in [0.25, 0.3) is 0 Å². The normalized spacial score (nSPS) is 12.1. The van der Waals surface area contributed by atoms with Crippen LogP contribution in [0.3, 0.4) is 0 Å². The van der Waals surface area contributed by atoms with Crippen LogP contribution in [0.1, 0.15) is 23.5 Å². The maximum Gasteiger partial charge on any atom is 0.119 e. The first-order chi connectivity index (χ1) is 9.08. The Bertz CT molecular complexity index is 581. The second-order valence-electron chi connectivity index (χ2n) is 4.24. The monoisotopic (exact) mass is 275 g/mol. The molecule has 2 rings (SSSR count). The van der Waals surface area contributed by atoms with Gasteiger partial charge >= 0.3 is 0 Å². The third kappa shape index (κ3) is 3.26. The molecule has 2 aromatic rings. The summed E-state index contributed by atoms with van der Waals surface area (Å²) in [5.74, 6) is -1.63. The van der Waals surface area contributed by atoms with Crippen molar-refractivity contribution in [2.45, 2.75) is 12.3 Å². The first-order valence-corrected chi connectivity index (χ1v) is 6.19. The Kier molecular flexibility index (Phi) is 4.07. The van der Waals surface area contributed by atoms with E-state index >= 15 is 0 Å². The van der Waals surface area contributed by atoms with Crippen molar-refractivity contribution < 1.29 is 15.0 Å². The average molecular weight is 276 g/mol. The van der Waals surface area contributed by atoms with Gasteiger partial charge in [0.1, 0.15) is 5.75 Å². The number of hydrogen-bond acceptors (Lipinski definition) is 3. The summed E-state index contributed by atoms with van der Waals surface area (Å²) in [6.45, 7) is 0. The quantitative estimate of drug-likeness (QED) is 0.931. The number of carbonyl (C=O) groups excluding carboxylic acids is 1. The Hall–Kier alpha value is -2.00. The zero-order valence-corrected chi connectivity index (χ0v) is 10.8. The van der Waals surface area contributed by atoms with Crippen LogP contribution in [0, 0.1) is 0 Å². The van der Waals surface area contributed by atoms with Crippen LogP contribution in [0.15, 0.2) is 48.5 Å². The Balaban J connectivity index is 2.48. The molecule has 1 atom stereocenters. The molecular formula is C15H12ClO3-. The van der Waals surface area contributed by atoms with Crippen molar-refractivity contribution in [3.05, 3.63) is 64.7 Å². The molecule has 0 radical (unpaired) electrons. The Morgan fingerprint density at radius 1 is 1.21 bits per heavy atom. The maximum absolute atomic E-state index is 10.9. The number of phenolic OH excluding ortho intramolecular Hbond substituents is 1. The Labute approximate surface area is 116 Å². The van der Waals surface area contributed by atoms with Crippen molar-refractivity contribution >= 4 is 17.6 Å². The summed E-state index contributed by atoms with van der Waals surface area (Å²) < 4.78 is 0. The number of hydrogen-bond donors (Lipinski definition) is 1. The summed E-state index contributed by atoms with van der Waals surface area (Å²) in [7, 11) is 0. The van der Waals surface area contributed by atoms with Crippen molar-refractivity contribution in [3.63, 3.8) is 0 Å². The molecule has 0 bridgehead atoms. The van der Waals surface area contributed by atoms with E-state index in [2.05, 4.69) is 0 Å². The van der Waals surface area contributed by atoms with Crippen molar-refractivity contribution in [1.82, 2.24) is 0 Å². The minimum atomic E-state index is -1.17. The zero-order chi connectivity index (χ0) is 13.8. The van der Waals surface area contributed by atoms with Crippen LogP contribution in [-0.4, -0.2) is 11.1 Å². The molecule has 98 valence electrons. The molecule has 2 aromatic carbocycles. The van der Waals surface area contributed by atoms with Crippen LogP contribution in [0.2, 0.25) is 5.02 Å². The van der Waals surface area contributed by atoms with E-state index in [1.54, 1.807) is 12.1 Å². The predicted octanol–water partition coefficient (Wildman–Crippen LogP) is 2.32. The first-order valence-electron chi connectivity index (χ1n) is 5.81. The average Bonchev–Trinajstić information content (AvgIpc) is 2.40. The van der Waals surface area contributed by atoms with Crippen LogP contribution >= 0.6 is 11.6 Å². The fraction of sp³-hybridized carbons (Fsp3) is 0.133. The highest BCUT2D eigenvalue weighted by molar-refractivity contribution is 6.30. The molecule has 0 fully saturated rings. The summed E-state index contributed by atoms with van der Waals surface area (Å²) >= 11 is 5.91. The molecule has 4 heteroatoms. The molecule has 0 aliphatic carbocycles. The lowest BCUT2D eigenvalue weighted by Gasteiger charge is -2.20. The van der Waals surface area contributed by atoms with E-state index in [9.17, 15) is 15.0 Å². The predicted molar refractivity (Wildman–Crippen MR) is 71.0 cm³/mol. The maximum atomic E-state index is 10.9. The smallest absolute Gasteiger partial charge is 0.119 e. The summed E-state index contributed by atoms with van der Waals surface area (Å²) in [6.07, 6.45) is -0.210. The number of rotatable bonds is 4. The van der Waals surface area contributed by atoms with Gasteiger partial charge in [-0.05, 0) is 30.2 Å². The standard InChI is InChI=1S/C15H13ClO3/c16-11-6-7-14(17)13(8-11)12(9-15(18)19)10-4-2-1-3-5-10/h1-8,12,17H,9H2,(H,18,19)/p-1. The van der Waals surface area contributed by atoms with Gasteiger partial charge in [-0.1, -0.05) is 41.9 Å². The Morgan fingerprint density at radius 2 is 1.89 bits per heavy atom. The van der Waals surface area contributed by atoms with Gasteiger partial charge in [-0.15, -0.1) is 0 Å². The van der Waals surface area contributed by atoms with Crippen LogP contribution in [-0.2, 0) is 4.79 Å². The lowest BCUT2D eigenvalue weighted by Crippen LogP contribution is -2.25. The number of benzene rings is 2. The number of halogens is 1. The third-order valence-electron chi connectivity index (χ3n) is 2.94. The molecule has 0 aromatic heterocycles. The molecule has 0 heterocycles. The molecule has 1 unspecified atom stereocenters. The molecule has 19 heavy (non-hydrogen) atoms. The van der Waals surface area contributed by atoms with E-state index in [1.165, 1.54) is 6.07 Å². The molecule has 3 nitrogen and oxygen atoms in total. The second kappa shape index (κ2) is 5.76. The van der Waals surface area contributed by atoms with Crippen LogP contribution in [0.4, 0.5) is 0 Å². The third-order valence-corrected chi connectivity index (χ3v) is 3.17. The van der Waals surface area contributed by atoms with Gasteiger partial charge in [-0.25, -0.2) is 0 Å². The largest absolute Gasteiger partial charge is 0.550 e. The van der Waals surface area contributed by atoms with Gasteiger partial charge in [0.05, 0.1) is 0 Å². The summed E-state index contributed by atoms with van der Waals surface area (Å²) in [5, 5.41) is 21.3. The molecular weight excluding hydrogens is 264 g/mol. The van der Waals surface area contributed by atoms with E-state index in [4.69, 9.17) is 11.6 Å². The van der Waals surface area contributed by atoms with E-state index in [0.717, 1.165) is 5.56 Å². The number of carboxylic acid groups (broad SMARTS) is 1. The number of aliphatic carboxylic acids is 1. The lowest BCUT2D eigenvalue weighted by atomic mass is 9.88. The van der Waals surface area contributed by atoms with Gasteiger partial charge in [0.2, 0.25) is 0 Å². The second-order valence-corrected chi connectivity index (χ2v) is 4.68. The van der Waals surface area contributed by atoms with Gasteiger partial charge in [0.15, 0.2) is 0 Å². The van der Waals surface area contributed by atoms with Crippen molar-refractivity contribution in [2.75, 3.05) is 0 Å².